The molecule has 0 saturated carbocycles. The lowest BCUT2D eigenvalue weighted by atomic mass is 10.0. The van der Waals surface area contributed by atoms with Gasteiger partial charge in [0.15, 0.2) is 0 Å². The van der Waals surface area contributed by atoms with Crippen LogP contribution in [0, 0.1) is 6.92 Å². The normalized spacial score (nSPS) is 20.3. The molecule has 0 aliphatic carbocycles. The summed E-state index contributed by atoms with van der Waals surface area (Å²) in [7, 11) is 1.80. The highest BCUT2D eigenvalue weighted by Gasteiger charge is 2.31. The summed E-state index contributed by atoms with van der Waals surface area (Å²) in [5.74, 6) is 0.0400. The summed E-state index contributed by atoms with van der Waals surface area (Å²) in [4.78, 5) is 14.0. The summed E-state index contributed by atoms with van der Waals surface area (Å²) >= 11 is 12.5. The van der Waals surface area contributed by atoms with Gasteiger partial charge in [0.05, 0.1) is 21.8 Å². The van der Waals surface area contributed by atoms with E-state index in [4.69, 9.17) is 23.2 Å². The van der Waals surface area contributed by atoms with E-state index in [2.05, 4.69) is 5.32 Å². The molecule has 1 heterocycles. The number of anilines is 1. The number of carbonyl (C=O) groups excluding carboxylic acids is 1. The Kier molecular flexibility index (Phi) is 4.15. The molecule has 1 fully saturated rings. The Balaban J connectivity index is 2.42. The van der Waals surface area contributed by atoms with Gasteiger partial charge in [-0.25, -0.2) is 0 Å². The number of likely N-dealkylation sites (N-methyl/N-ethyl adjacent to an activating group) is 1. The molecule has 1 aromatic carbocycles. The molecule has 1 saturated heterocycles. The van der Waals surface area contributed by atoms with Crippen LogP contribution in [-0.2, 0) is 4.79 Å². The first-order valence-electron chi connectivity index (χ1n) is 5.99. The summed E-state index contributed by atoms with van der Waals surface area (Å²) in [6.45, 7) is 2.58. The van der Waals surface area contributed by atoms with Crippen molar-refractivity contribution in [3.63, 3.8) is 0 Å². The molecule has 1 aliphatic rings. The Bertz CT molecular complexity index is 476. The van der Waals surface area contributed by atoms with Crippen LogP contribution < -0.4 is 10.2 Å². The predicted molar refractivity (Wildman–Crippen MR) is 75.6 cm³/mol. The van der Waals surface area contributed by atoms with Crippen LogP contribution >= 0.6 is 23.2 Å². The van der Waals surface area contributed by atoms with Gasteiger partial charge < -0.3 is 10.2 Å². The summed E-state index contributed by atoms with van der Waals surface area (Å²) in [5.41, 5.74) is 1.57. The van der Waals surface area contributed by atoms with Crippen LogP contribution in [0.25, 0.3) is 0 Å². The zero-order valence-electron chi connectivity index (χ0n) is 10.5. The third kappa shape index (κ3) is 2.35. The van der Waals surface area contributed by atoms with E-state index in [1.807, 2.05) is 13.0 Å². The molecule has 98 valence electrons. The van der Waals surface area contributed by atoms with Gasteiger partial charge in [-0.2, -0.15) is 0 Å². The molecule has 1 N–H and O–H groups in total. The number of amides is 1. The molecule has 3 nitrogen and oxygen atoms in total. The Morgan fingerprint density at radius 1 is 1.39 bits per heavy atom. The largest absolute Gasteiger partial charge is 0.309 e. The molecule has 18 heavy (non-hydrogen) atoms. The number of nitrogens with zero attached hydrogens (tertiary/aromatic N) is 1. The van der Waals surface area contributed by atoms with Gasteiger partial charge in [0.1, 0.15) is 0 Å². The second-order valence-electron chi connectivity index (χ2n) is 4.50. The topological polar surface area (TPSA) is 32.3 Å². The van der Waals surface area contributed by atoms with Gasteiger partial charge in [-0.1, -0.05) is 29.3 Å². The van der Waals surface area contributed by atoms with Crippen LogP contribution in [0.4, 0.5) is 5.69 Å². The molecule has 0 spiro atoms. The third-order valence-electron chi connectivity index (χ3n) is 3.32. The Morgan fingerprint density at radius 2 is 2.11 bits per heavy atom. The Morgan fingerprint density at radius 3 is 2.78 bits per heavy atom. The highest BCUT2D eigenvalue weighted by Crippen LogP contribution is 2.37. The summed E-state index contributed by atoms with van der Waals surface area (Å²) in [6.07, 6.45) is 1.80. The van der Waals surface area contributed by atoms with Crippen molar-refractivity contribution in [1.82, 2.24) is 5.32 Å². The minimum atomic E-state index is -0.147. The molecule has 1 aliphatic heterocycles. The monoisotopic (exact) mass is 286 g/mol. The van der Waals surface area contributed by atoms with Crippen LogP contribution in [0.15, 0.2) is 12.1 Å². The molecule has 1 amide bonds. The molecule has 0 bridgehead atoms. The van der Waals surface area contributed by atoms with E-state index in [1.54, 1.807) is 18.0 Å². The molecule has 1 atom stereocenters. The van der Waals surface area contributed by atoms with Crippen LogP contribution in [0.2, 0.25) is 10.0 Å². The fourth-order valence-electron chi connectivity index (χ4n) is 2.25. The van der Waals surface area contributed by atoms with Crippen LogP contribution in [-0.4, -0.2) is 25.5 Å². The van der Waals surface area contributed by atoms with Gasteiger partial charge in [0, 0.05) is 6.54 Å². The zero-order chi connectivity index (χ0) is 13.3. The van der Waals surface area contributed by atoms with Crippen LogP contribution in [0.3, 0.4) is 0 Å². The lowest BCUT2D eigenvalue weighted by Gasteiger charge is -2.33. The quantitative estimate of drug-likeness (QED) is 0.906. The van der Waals surface area contributed by atoms with Gasteiger partial charge in [-0.15, -0.1) is 0 Å². The first-order valence-corrected chi connectivity index (χ1v) is 6.75. The van der Waals surface area contributed by atoms with Crippen molar-refractivity contribution in [2.24, 2.45) is 0 Å². The number of piperidine rings is 1. The minimum Gasteiger partial charge on any atom is -0.309 e. The summed E-state index contributed by atoms with van der Waals surface area (Å²) in [5, 5.41) is 4.12. The van der Waals surface area contributed by atoms with E-state index in [0.29, 0.717) is 22.3 Å². The third-order valence-corrected chi connectivity index (χ3v) is 4.10. The summed E-state index contributed by atoms with van der Waals surface area (Å²) in [6, 6.07) is 3.50. The van der Waals surface area contributed by atoms with Crippen LogP contribution in [0.1, 0.15) is 18.4 Å². The standard InChI is InChI=1S/C13H16Cl2N2O/c1-8-5-6-9(14)12(11(8)15)17-7-3-4-10(16-2)13(17)18/h5-6,10,16H,3-4,7H2,1-2H3. The van der Waals surface area contributed by atoms with E-state index in [1.165, 1.54) is 0 Å². The van der Waals surface area contributed by atoms with Crippen molar-refractivity contribution in [3.8, 4) is 0 Å². The maximum Gasteiger partial charge on any atom is 0.244 e. The summed E-state index contributed by atoms with van der Waals surface area (Å²) < 4.78 is 0. The lowest BCUT2D eigenvalue weighted by molar-refractivity contribution is -0.121. The Hall–Kier alpha value is -0.770. The highest BCUT2D eigenvalue weighted by atomic mass is 35.5. The number of halogens is 2. The van der Waals surface area contributed by atoms with E-state index >= 15 is 0 Å². The number of rotatable bonds is 2. The first kappa shape index (κ1) is 13.7. The van der Waals surface area contributed by atoms with E-state index < -0.39 is 0 Å². The molecule has 1 aromatic rings. The van der Waals surface area contributed by atoms with Gasteiger partial charge in [0.2, 0.25) is 5.91 Å². The van der Waals surface area contributed by atoms with Crippen LogP contribution in [0.5, 0.6) is 0 Å². The molecular formula is C13H16Cl2N2O. The number of carbonyl (C=O) groups is 1. The highest BCUT2D eigenvalue weighted by molar-refractivity contribution is 6.40. The molecular weight excluding hydrogens is 271 g/mol. The van der Waals surface area contributed by atoms with Gasteiger partial charge in [-0.05, 0) is 38.4 Å². The maximum atomic E-state index is 12.3. The van der Waals surface area contributed by atoms with Crippen molar-refractivity contribution in [2.75, 3.05) is 18.5 Å². The van der Waals surface area contributed by atoms with Crippen molar-refractivity contribution in [3.05, 3.63) is 27.7 Å². The second-order valence-corrected chi connectivity index (χ2v) is 5.29. The fourth-order valence-corrected chi connectivity index (χ4v) is 2.83. The van der Waals surface area contributed by atoms with E-state index in [0.717, 1.165) is 18.4 Å². The van der Waals surface area contributed by atoms with E-state index in [-0.39, 0.29) is 11.9 Å². The lowest BCUT2D eigenvalue weighted by Crippen LogP contribution is -2.50. The molecule has 5 heteroatoms. The first-order chi connectivity index (χ1) is 8.56. The van der Waals surface area contributed by atoms with E-state index in [9.17, 15) is 4.79 Å². The average molecular weight is 287 g/mol. The molecule has 0 aromatic heterocycles. The molecule has 0 radical (unpaired) electrons. The van der Waals surface area contributed by atoms with Gasteiger partial charge >= 0.3 is 0 Å². The van der Waals surface area contributed by atoms with Crippen molar-refractivity contribution >= 4 is 34.8 Å². The SMILES string of the molecule is CNC1CCCN(c2c(Cl)ccc(C)c2Cl)C1=O. The predicted octanol–water partition coefficient (Wildman–Crippen LogP) is 3.02. The van der Waals surface area contributed by atoms with Gasteiger partial charge in [0.25, 0.3) is 0 Å². The fraction of sp³-hybridized carbons (Fsp3) is 0.462. The number of nitrogens with one attached hydrogen (secondary N) is 1. The van der Waals surface area contributed by atoms with Crippen molar-refractivity contribution < 1.29 is 4.79 Å². The number of benzene rings is 1. The smallest absolute Gasteiger partial charge is 0.244 e. The number of hydrogen-bond donors (Lipinski definition) is 1. The van der Waals surface area contributed by atoms with Crippen molar-refractivity contribution in [1.29, 1.82) is 0 Å². The minimum absolute atomic E-state index is 0.0400. The zero-order valence-corrected chi connectivity index (χ0v) is 12.0. The Labute approximate surface area is 117 Å². The molecule has 2 rings (SSSR count). The molecule has 1 unspecified atom stereocenters. The van der Waals surface area contributed by atoms with Gasteiger partial charge in [-0.3, -0.25) is 4.79 Å². The van der Waals surface area contributed by atoms with Crippen molar-refractivity contribution in [2.45, 2.75) is 25.8 Å². The number of aryl methyl sites for hydroxylation is 1. The maximum absolute atomic E-state index is 12.3. The number of hydrogen-bond acceptors (Lipinski definition) is 2. The average Bonchev–Trinajstić information content (AvgIpc) is 2.36. The second kappa shape index (κ2) is 5.47.